The number of aliphatic hydroxyl groups is 1. The predicted molar refractivity (Wildman–Crippen MR) is 94.5 cm³/mol. The molecule has 0 aliphatic carbocycles. The van der Waals surface area contributed by atoms with Crippen LogP contribution in [0.1, 0.15) is 23.2 Å². The molecule has 1 amide bonds. The SMILES string of the molecule is O=C(NCCNc1nccc(N2CCCC(O)C2)n1)c1ccncc1. The molecule has 25 heavy (non-hydrogen) atoms. The van der Waals surface area contributed by atoms with E-state index in [-0.39, 0.29) is 12.0 Å². The zero-order valence-electron chi connectivity index (χ0n) is 13.9. The highest BCUT2D eigenvalue weighted by Gasteiger charge is 2.19. The van der Waals surface area contributed by atoms with Crippen molar-refractivity contribution in [3.63, 3.8) is 0 Å². The summed E-state index contributed by atoms with van der Waals surface area (Å²) in [6, 6.07) is 5.18. The minimum atomic E-state index is -0.302. The largest absolute Gasteiger partial charge is 0.391 e. The average Bonchev–Trinajstić information content (AvgIpc) is 2.66. The van der Waals surface area contributed by atoms with Gasteiger partial charge in [0.15, 0.2) is 0 Å². The summed E-state index contributed by atoms with van der Waals surface area (Å²) in [5.74, 6) is 1.17. The van der Waals surface area contributed by atoms with Crippen LogP contribution in [-0.4, -0.2) is 58.2 Å². The van der Waals surface area contributed by atoms with E-state index in [9.17, 15) is 9.90 Å². The number of β-amino-alcohol motifs (C(OH)–C–C–N with tert-alkyl or cyclic N) is 1. The predicted octanol–water partition coefficient (Wildman–Crippen LogP) is 0.675. The standard InChI is InChI=1S/C17H22N6O2/c24-14-2-1-11-23(12-14)15-5-8-20-17(22-15)21-10-9-19-16(25)13-3-6-18-7-4-13/h3-8,14,24H,1-2,9-12H2,(H,19,25)(H,20,21,22). The Labute approximate surface area is 146 Å². The number of piperidine rings is 1. The Morgan fingerprint density at radius 3 is 2.88 bits per heavy atom. The van der Waals surface area contributed by atoms with Crippen molar-refractivity contribution >= 4 is 17.7 Å². The molecule has 0 bridgehead atoms. The molecule has 3 rings (SSSR count). The molecule has 1 saturated heterocycles. The van der Waals surface area contributed by atoms with E-state index in [1.165, 1.54) is 0 Å². The van der Waals surface area contributed by atoms with E-state index in [1.54, 1.807) is 30.7 Å². The monoisotopic (exact) mass is 342 g/mol. The number of hydrogen-bond acceptors (Lipinski definition) is 7. The highest BCUT2D eigenvalue weighted by Crippen LogP contribution is 2.18. The van der Waals surface area contributed by atoms with E-state index in [2.05, 4.69) is 30.5 Å². The lowest BCUT2D eigenvalue weighted by Gasteiger charge is -2.31. The van der Waals surface area contributed by atoms with Crippen molar-refractivity contribution in [1.82, 2.24) is 20.3 Å². The highest BCUT2D eigenvalue weighted by molar-refractivity contribution is 5.93. The number of amides is 1. The molecule has 3 heterocycles. The first-order valence-electron chi connectivity index (χ1n) is 8.40. The average molecular weight is 342 g/mol. The number of anilines is 2. The van der Waals surface area contributed by atoms with Crippen molar-refractivity contribution < 1.29 is 9.90 Å². The number of carbonyl (C=O) groups is 1. The molecule has 1 aliphatic heterocycles. The summed E-state index contributed by atoms with van der Waals surface area (Å²) < 4.78 is 0. The summed E-state index contributed by atoms with van der Waals surface area (Å²) in [5, 5.41) is 15.7. The van der Waals surface area contributed by atoms with Gasteiger partial charge in [0.1, 0.15) is 5.82 Å². The summed E-state index contributed by atoms with van der Waals surface area (Å²) >= 11 is 0. The third-order valence-electron chi connectivity index (χ3n) is 4.00. The molecule has 0 aromatic carbocycles. The first kappa shape index (κ1) is 17.1. The molecule has 8 nitrogen and oxygen atoms in total. The molecule has 0 radical (unpaired) electrons. The third kappa shape index (κ3) is 4.87. The van der Waals surface area contributed by atoms with Gasteiger partial charge in [0.25, 0.3) is 5.91 Å². The summed E-state index contributed by atoms with van der Waals surface area (Å²) in [6.07, 6.45) is 6.36. The molecule has 1 atom stereocenters. The van der Waals surface area contributed by atoms with Crippen LogP contribution in [0.4, 0.5) is 11.8 Å². The number of nitrogens with zero attached hydrogens (tertiary/aromatic N) is 4. The molecule has 1 fully saturated rings. The van der Waals surface area contributed by atoms with Crippen LogP contribution in [-0.2, 0) is 0 Å². The third-order valence-corrected chi connectivity index (χ3v) is 4.00. The topological polar surface area (TPSA) is 103 Å². The molecule has 1 aliphatic rings. The summed E-state index contributed by atoms with van der Waals surface area (Å²) in [6.45, 7) is 2.45. The maximum Gasteiger partial charge on any atom is 0.251 e. The molecule has 3 N–H and O–H groups in total. The lowest BCUT2D eigenvalue weighted by molar-refractivity contribution is 0.0955. The van der Waals surface area contributed by atoms with Gasteiger partial charge >= 0.3 is 0 Å². The van der Waals surface area contributed by atoms with Gasteiger partial charge in [0.2, 0.25) is 5.95 Å². The van der Waals surface area contributed by atoms with Crippen molar-refractivity contribution in [2.24, 2.45) is 0 Å². The van der Waals surface area contributed by atoms with Crippen molar-refractivity contribution in [3.05, 3.63) is 42.4 Å². The minimum Gasteiger partial charge on any atom is -0.391 e. The quantitative estimate of drug-likeness (QED) is 0.663. The Kier molecular flexibility index (Phi) is 5.73. The van der Waals surface area contributed by atoms with Crippen LogP contribution in [0, 0.1) is 0 Å². The summed E-state index contributed by atoms with van der Waals surface area (Å²) in [7, 11) is 0. The van der Waals surface area contributed by atoms with E-state index in [0.29, 0.717) is 31.1 Å². The van der Waals surface area contributed by atoms with Gasteiger partial charge in [0, 0.05) is 50.3 Å². The van der Waals surface area contributed by atoms with Crippen LogP contribution < -0.4 is 15.5 Å². The van der Waals surface area contributed by atoms with Crippen LogP contribution in [0.25, 0.3) is 0 Å². The lowest BCUT2D eigenvalue weighted by Crippen LogP contribution is -2.38. The van der Waals surface area contributed by atoms with Gasteiger partial charge in [-0.25, -0.2) is 4.98 Å². The Bertz CT molecular complexity index is 697. The van der Waals surface area contributed by atoms with E-state index >= 15 is 0 Å². The second-order valence-electron chi connectivity index (χ2n) is 5.90. The molecule has 0 spiro atoms. The maximum absolute atomic E-state index is 11.9. The van der Waals surface area contributed by atoms with Crippen LogP contribution >= 0.6 is 0 Å². The maximum atomic E-state index is 11.9. The fraction of sp³-hybridized carbons (Fsp3) is 0.412. The highest BCUT2D eigenvalue weighted by atomic mass is 16.3. The van der Waals surface area contributed by atoms with Gasteiger partial charge in [-0.05, 0) is 31.0 Å². The van der Waals surface area contributed by atoms with E-state index in [0.717, 1.165) is 25.2 Å². The number of aliphatic hydroxyl groups excluding tert-OH is 1. The molecule has 8 heteroatoms. The molecule has 1 unspecified atom stereocenters. The van der Waals surface area contributed by atoms with Gasteiger partial charge in [0.05, 0.1) is 6.10 Å². The number of carbonyl (C=O) groups excluding carboxylic acids is 1. The lowest BCUT2D eigenvalue weighted by atomic mass is 10.1. The summed E-state index contributed by atoms with van der Waals surface area (Å²) in [5.41, 5.74) is 0.580. The molecular weight excluding hydrogens is 320 g/mol. The zero-order valence-corrected chi connectivity index (χ0v) is 13.9. The van der Waals surface area contributed by atoms with E-state index < -0.39 is 0 Å². The molecule has 2 aromatic rings. The van der Waals surface area contributed by atoms with Crippen LogP contribution in [0.5, 0.6) is 0 Å². The van der Waals surface area contributed by atoms with Gasteiger partial charge in [-0.3, -0.25) is 9.78 Å². The van der Waals surface area contributed by atoms with Gasteiger partial charge in [-0.1, -0.05) is 0 Å². The second kappa shape index (κ2) is 8.39. The van der Waals surface area contributed by atoms with Crippen molar-refractivity contribution in [3.8, 4) is 0 Å². The fourth-order valence-electron chi connectivity index (χ4n) is 2.73. The van der Waals surface area contributed by atoms with E-state index in [4.69, 9.17) is 0 Å². The van der Waals surface area contributed by atoms with Crippen LogP contribution in [0.3, 0.4) is 0 Å². The number of rotatable bonds is 6. The van der Waals surface area contributed by atoms with Crippen molar-refractivity contribution in [2.45, 2.75) is 18.9 Å². The molecule has 0 saturated carbocycles. The van der Waals surface area contributed by atoms with Crippen LogP contribution in [0.2, 0.25) is 0 Å². The Balaban J connectivity index is 1.47. The zero-order chi connectivity index (χ0) is 17.5. The minimum absolute atomic E-state index is 0.138. The Morgan fingerprint density at radius 1 is 1.24 bits per heavy atom. The van der Waals surface area contributed by atoms with Gasteiger partial charge in [-0.15, -0.1) is 0 Å². The van der Waals surface area contributed by atoms with Crippen molar-refractivity contribution in [1.29, 1.82) is 0 Å². The molecule has 132 valence electrons. The number of aromatic nitrogens is 3. The fourth-order valence-corrected chi connectivity index (χ4v) is 2.73. The van der Waals surface area contributed by atoms with E-state index in [1.807, 2.05) is 6.07 Å². The first-order valence-corrected chi connectivity index (χ1v) is 8.40. The second-order valence-corrected chi connectivity index (χ2v) is 5.90. The normalized spacial score (nSPS) is 17.2. The number of nitrogens with one attached hydrogen (secondary N) is 2. The smallest absolute Gasteiger partial charge is 0.251 e. The van der Waals surface area contributed by atoms with Gasteiger partial charge < -0.3 is 20.6 Å². The molecule has 2 aromatic heterocycles. The van der Waals surface area contributed by atoms with Crippen molar-refractivity contribution in [2.75, 3.05) is 36.4 Å². The number of pyridine rings is 1. The van der Waals surface area contributed by atoms with Crippen LogP contribution in [0.15, 0.2) is 36.8 Å². The molecular formula is C17H22N6O2. The Hall–Kier alpha value is -2.74. The number of hydrogen-bond donors (Lipinski definition) is 3. The van der Waals surface area contributed by atoms with Gasteiger partial charge in [-0.2, -0.15) is 4.98 Å². The first-order chi connectivity index (χ1) is 12.2. The Morgan fingerprint density at radius 2 is 2.08 bits per heavy atom. The summed E-state index contributed by atoms with van der Waals surface area (Å²) in [4.78, 5) is 26.5.